The molecule has 1 saturated carbocycles. The number of hydrogen-bond donors (Lipinski definition) is 0. The Kier molecular flexibility index (Phi) is 7.42. The molecule has 15 heavy (non-hydrogen) atoms. The van der Waals surface area contributed by atoms with Gasteiger partial charge in [0.2, 0.25) is 0 Å². The largest absolute Gasteiger partial charge is 0.0654 e. The number of unbranched alkanes of at least 4 members (excludes halogenated alkanes) is 1. The molecule has 0 nitrogen and oxygen atoms in total. The molecule has 0 saturated heterocycles. The quantitative estimate of drug-likeness (QED) is 0.559. The van der Waals surface area contributed by atoms with Crippen molar-refractivity contribution in [2.24, 2.45) is 5.92 Å². The van der Waals surface area contributed by atoms with Gasteiger partial charge in [0.15, 0.2) is 0 Å². The molecule has 0 radical (unpaired) electrons. The van der Waals surface area contributed by atoms with E-state index >= 15 is 0 Å². The van der Waals surface area contributed by atoms with Crippen molar-refractivity contribution in [1.82, 2.24) is 0 Å². The van der Waals surface area contributed by atoms with Gasteiger partial charge >= 0.3 is 0 Å². The minimum Gasteiger partial charge on any atom is -0.0654 e. The van der Waals surface area contributed by atoms with E-state index in [0.717, 1.165) is 5.92 Å². The summed E-state index contributed by atoms with van der Waals surface area (Å²) in [5.74, 6) is 1.10. The molecule has 0 spiro atoms. The Labute approximate surface area is 99.1 Å². The number of rotatable bonds is 7. The van der Waals surface area contributed by atoms with Gasteiger partial charge in [0.1, 0.15) is 0 Å². The van der Waals surface area contributed by atoms with Gasteiger partial charge in [-0.3, -0.25) is 0 Å². The molecule has 1 unspecified atom stereocenters. The lowest BCUT2D eigenvalue weighted by molar-refractivity contribution is 0.473. The Morgan fingerprint density at radius 2 is 1.87 bits per heavy atom. The molecule has 90 valence electrons. The smallest absolute Gasteiger partial charge is 0.0234 e. The van der Waals surface area contributed by atoms with Crippen molar-refractivity contribution in [1.29, 1.82) is 0 Å². The lowest BCUT2D eigenvalue weighted by atomic mass is 10.00. The van der Waals surface area contributed by atoms with E-state index in [2.05, 4.69) is 13.8 Å². The summed E-state index contributed by atoms with van der Waals surface area (Å²) >= 11 is 0. The van der Waals surface area contributed by atoms with Crippen LogP contribution in [0.25, 0.3) is 0 Å². The van der Waals surface area contributed by atoms with Crippen molar-refractivity contribution < 1.29 is 0 Å². The van der Waals surface area contributed by atoms with E-state index in [0.29, 0.717) is 0 Å². The lowest BCUT2D eigenvalue weighted by Crippen LogP contribution is -2.12. The SMILES string of the molecule is CCCCC(CC)C[SiH2]C1CCCCC1. The molecule has 1 atom stereocenters. The van der Waals surface area contributed by atoms with Crippen LogP contribution < -0.4 is 0 Å². The summed E-state index contributed by atoms with van der Waals surface area (Å²) in [5, 5.41) is 0. The van der Waals surface area contributed by atoms with Crippen LogP contribution in [0.15, 0.2) is 0 Å². The molecule has 1 aliphatic carbocycles. The molecule has 0 aromatic rings. The topological polar surface area (TPSA) is 0 Å². The summed E-state index contributed by atoms with van der Waals surface area (Å²) in [5.41, 5.74) is 1.23. The Morgan fingerprint density at radius 3 is 2.47 bits per heavy atom. The van der Waals surface area contributed by atoms with E-state index in [1.807, 2.05) is 0 Å². The maximum Gasteiger partial charge on any atom is 0.0234 e. The fourth-order valence-electron chi connectivity index (χ4n) is 2.99. The van der Waals surface area contributed by atoms with E-state index in [1.54, 1.807) is 31.7 Å². The lowest BCUT2D eigenvalue weighted by Gasteiger charge is -2.23. The summed E-state index contributed by atoms with van der Waals surface area (Å²) in [6.45, 7) is 4.72. The van der Waals surface area contributed by atoms with E-state index in [9.17, 15) is 0 Å². The monoisotopic (exact) mass is 226 g/mol. The van der Waals surface area contributed by atoms with E-state index < -0.39 is 0 Å². The first-order valence-electron chi connectivity index (χ1n) is 7.36. The summed E-state index contributed by atoms with van der Waals surface area (Å²) in [6, 6.07) is 1.65. The van der Waals surface area contributed by atoms with Crippen molar-refractivity contribution in [2.75, 3.05) is 0 Å². The van der Waals surface area contributed by atoms with Crippen LogP contribution in [0.1, 0.15) is 71.6 Å². The summed E-state index contributed by atoms with van der Waals surface area (Å²) < 4.78 is 0. The van der Waals surface area contributed by atoms with E-state index in [4.69, 9.17) is 0 Å². The predicted octanol–water partition coefficient (Wildman–Crippen LogP) is 4.54. The molecule has 0 aliphatic heterocycles. The van der Waals surface area contributed by atoms with Gasteiger partial charge in [0, 0.05) is 9.52 Å². The standard InChI is InChI=1S/C14H30Si/c1-3-5-9-13(4-2)12-15-14-10-7-6-8-11-14/h13-14H,3-12,15H2,1-2H3. The molecule has 1 aliphatic rings. The van der Waals surface area contributed by atoms with Gasteiger partial charge in [-0.2, -0.15) is 0 Å². The molecule has 0 aromatic carbocycles. The third-order valence-electron chi connectivity index (χ3n) is 4.25. The van der Waals surface area contributed by atoms with Crippen molar-refractivity contribution in [2.45, 2.75) is 83.2 Å². The van der Waals surface area contributed by atoms with Gasteiger partial charge in [0.05, 0.1) is 0 Å². The molecule has 0 N–H and O–H groups in total. The average Bonchev–Trinajstić information content (AvgIpc) is 2.31. The fraction of sp³-hybridized carbons (Fsp3) is 1.00. The van der Waals surface area contributed by atoms with Crippen molar-refractivity contribution in [3.63, 3.8) is 0 Å². The Morgan fingerprint density at radius 1 is 1.13 bits per heavy atom. The average molecular weight is 226 g/mol. The van der Waals surface area contributed by atoms with Crippen LogP contribution in [0.4, 0.5) is 0 Å². The zero-order valence-electron chi connectivity index (χ0n) is 10.9. The van der Waals surface area contributed by atoms with Crippen LogP contribution in [0.3, 0.4) is 0 Å². The molecule has 1 rings (SSSR count). The Hall–Kier alpha value is 0.217. The molecule has 1 fully saturated rings. The van der Waals surface area contributed by atoms with Gasteiger partial charge in [-0.1, -0.05) is 83.2 Å². The van der Waals surface area contributed by atoms with Gasteiger partial charge < -0.3 is 0 Å². The van der Waals surface area contributed by atoms with Crippen LogP contribution in [0.5, 0.6) is 0 Å². The van der Waals surface area contributed by atoms with Crippen molar-refractivity contribution >= 4 is 9.52 Å². The van der Waals surface area contributed by atoms with Crippen molar-refractivity contribution in [3.8, 4) is 0 Å². The van der Waals surface area contributed by atoms with E-state index in [1.165, 1.54) is 37.6 Å². The molecule has 0 heterocycles. The van der Waals surface area contributed by atoms with Gasteiger partial charge in [-0.15, -0.1) is 0 Å². The Bertz CT molecular complexity index is 138. The maximum atomic E-state index is 2.40. The minimum absolute atomic E-state index is 0.279. The first-order valence-corrected chi connectivity index (χ1v) is 9.18. The first-order chi connectivity index (χ1) is 7.36. The highest BCUT2D eigenvalue weighted by molar-refractivity contribution is 6.37. The molecule has 0 aromatic heterocycles. The summed E-state index contributed by atoms with van der Waals surface area (Å²) in [7, 11) is 0.279. The highest BCUT2D eigenvalue weighted by Gasteiger charge is 2.15. The van der Waals surface area contributed by atoms with Crippen LogP contribution in [0.2, 0.25) is 11.6 Å². The fourth-order valence-corrected chi connectivity index (χ4v) is 5.79. The second kappa shape index (κ2) is 8.38. The third-order valence-corrected chi connectivity index (χ3v) is 7.03. The summed E-state index contributed by atoms with van der Waals surface area (Å²) in [6.07, 6.45) is 13.6. The van der Waals surface area contributed by atoms with Gasteiger partial charge in [-0.05, 0) is 5.92 Å². The Balaban J connectivity index is 2.09. The zero-order chi connectivity index (χ0) is 10.9. The van der Waals surface area contributed by atoms with Crippen LogP contribution in [-0.4, -0.2) is 9.52 Å². The van der Waals surface area contributed by atoms with Crippen molar-refractivity contribution in [3.05, 3.63) is 0 Å². The zero-order valence-corrected chi connectivity index (χ0v) is 12.3. The molecular formula is C14H30Si. The predicted molar refractivity (Wildman–Crippen MR) is 73.5 cm³/mol. The molecule has 0 amide bonds. The maximum absolute atomic E-state index is 2.40. The van der Waals surface area contributed by atoms with E-state index in [-0.39, 0.29) is 9.52 Å². The second-order valence-electron chi connectivity index (χ2n) is 5.50. The van der Waals surface area contributed by atoms with Crippen LogP contribution in [-0.2, 0) is 0 Å². The third kappa shape index (κ3) is 5.75. The summed E-state index contributed by atoms with van der Waals surface area (Å²) in [4.78, 5) is 0. The number of hydrogen-bond acceptors (Lipinski definition) is 0. The second-order valence-corrected chi connectivity index (χ2v) is 7.81. The van der Waals surface area contributed by atoms with Gasteiger partial charge in [0.25, 0.3) is 0 Å². The molecule has 1 heteroatoms. The molecule has 0 bridgehead atoms. The first kappa shape index (κ1) is 13.3. The highest BCUT2D eigenvalue weighted by atomic mass is 28.2. The van der Waals surface area contributed by atoms with Gasteiger partial charge in [-0.25, -0.2) is 0 Å². The normalized spacial score (nSPS) is 21.2. The van der Waals surface area contributed by atoms with Crippen LogP contribution >= 0.6 is 0 Å². The van der Waals surface area contributed by atoms with Crippen LogP contribution in [0, 0.1) is 5.92 Å². The highest BCUT2D eigenvalue weighted by Crippen LogP contribution is 2.30. The molecular weight excluding hydrogens is 196 g/mol. The minimum atomic E-state index is 0.279.